The largest absolute Gasteiger partial charge is 0.484 e. The number of carbonyl (C=O) groups excluding carboxylic acids is 1. The summed E-state index contributed by atoms with van der Waals surface area (Å²) in [6, 6.07) is 16.0. The first-order valence-corrected chi connectivity index (χ1v) is 9.30. The van der Waals surface area contributed by atoms with Crippen LogP contribution < -0.4 is 15.0 Å². The number of hydrogen-bond donors (Lipinski definition) is 1. The second-order valence-corrected chi connectivity index (χ2v) is 7.86. The Bertz CT molecular complexity index is 741. The van der Waals surface area contributed by atoms with Crippen LogP contribution in [0.25, 0.3) is 0 Å². The molecule has 1 aliphatic rings. The van der Waals surface area contributed by atoms with E-state index in [2.05, 4.69) is 49.2 Å². The van der Waals surface area contributed by atoms with Gasteiger partial charge in [0, 0.05) is 24.5 Å². The van der Waals surface area contributed by atoms with E-state index < -0.39 is 0 Å². The fourth-order valence-electron chi connectivity index (χ4n) is 3.13. The molecule has 0 unspecified atom stereocenters. The fraction of sp³-hybridized carbons (Fsp3) is 0.409. The first-order valence-electron chi connectivity index (χ1n) is 9.30. The Hall–Kier alpha value is -2.49. The van der Waals surface area contributed by atoms with Gasteiger partial charge in [-0.3, -0.25) is 4.79 Å². The van der Waals surface area contributed by atoms with Crippen LogP contribution in [0.2, 0.25) is 0 Å². The summed E-state index contributed by atoms with van der Waals surface area (Å²) in [4.78, 5) is 14.5. The van der Waals surface area contributed by atoms with Crippen LogP contribution in [0, 0.1) is 0 Å². The molecule has 1 heterocycles. The van der Waals surface area contributed by atoms with Crippen molar-refractivity contribution in [3.63, 3.8) is 0 Å². The van der Waals surface area contributed by atoms with E-state index in [9.17, 15) is 4.79 Å². The topological polar surface area (TPSA) is 41.6 Å². The summed E-state index contributed by atoms with van der Waals surface area (Å²) in [5.74, 6) is 0.567. The van der Waals surface area contributed by atoms with E-state index in [0.29, 0.717) is 0 Å². The zero-order valence-corrected chi connectivity index (χ0v) is 15.9. The molecule has 1 amide bonds. The van der Waals surface area contributed by atoms with Gasteiger partial charge in [-0.15, -0.1) is 0 Å². The fourth-order valence-corrected chi connectivity index (χ4v) is 3.13. The van der Waals surface area contributed by atoms with Crippen LogP contribution in [-0.4, -0.2) is 25.6 Å². The molecular weight excluding hydrogens is 324 g/mol. The molecule has 26 heavy (non-hydrogen) atoms. The van der Waals surface area contributed by atoms with E-state index in [1.807, 2.05) is 30.3 Å². The zero-order chi connectivity index (χ0) is 18.6. The summed E-state index contributed by atoms with van der Waals surface area (Å²) in [6.07, 6.45) is 2.51. The van der Waals surface area contributed by atoms with Crippen LogP contribution in [0.5, 0.6) is 5.75 Å². The Balaban J connectivity index is 1.52. The van der Waals surface area contributed by atoms with Crippen molar-refractivity contribution in [2.45, 2.75) is 39.0 Å². The molecule has 1 aliphatic heterocycles. The molecule has 0 saturated carbocycles. The number of amides is 1. The van der Waals surface area contributed by atoms with Gasteiger partial charge in [0.1, 0.15) is 5.75 Å². The maximum atomic E-state index is 12.2. The Morgan fingerprint density at radius 3 is 2.42 bits per heavy atom. The highest BCUT2D eigenvalue weighted by Gasteiger charge is 2.15. The molecule has 2 aromatic rings. The van der Waals surface area contributed by atoms with Gasteiger partial charge >= 0.3 is 0 Å². The molecule has 2 aromatic carbocycles. The number of ether oxygens (including phenoxy) is 1. The second-order valence-electron chi connectivity index (χ2n) is 7.86. The van der Waals surface area contributed by atoms with Crippen molar-refractivity contribution in [3.8, 4) is 5.75 Å². The molecule has 1 fully saturated rings. The third-order valence-electron chi connectivity index (χ3n) is 4.69. The lowest BCUT2D eigenvalue weighted by atomic mass is 9.87. The minimum Gasteiger partial charge on any atom is -0.484 e. The van der Waals surface area contributed by atoms with Crippen molar-refractivity contribution in [2.24, 2.45) is 0 Å². The Labute approximate surface area is 156 Å². The second kappa shape index (κ2) is 7.81. The number of benzene rings is 2. The minimum atomic E-state index is -0.153. The van der Waals surface area contributed by atoms with Crippen LogP contribution in [-0.2, 0) is 10.2 Å². The SMILES string of the molecule is CC(C)(C)c1cccc(OCC(=O)Nc2ccc(N3CCCC3)cc2)c1. The average Bonchev–Trinajstić information content (AvgIpc) is 3.15. The van der Waals surface area contributed by atoms with Gasteiger partial charge in [-0.05, 0) is 60.2 Å². The highest BCUT2D eigenvalue weighted by atomic mass is 16.5. The molecule has 0 bridgehead atoms. The van der Waals surface area contributed by atoms with Gasteiger partial charge in [0.2, 0.25) is 0 Å². The van der Waals surface area contributed by atoms with Crippen molar-refractivity contribution in [1.82, 2.24) is 0 Å². The quantitative estimate of drug-likeness (QED) is 0.855. The van der Waals surface area contributed by atoms with E-state index in [1.54, 1.807) is 0 Å². The Morgan fingerprint density at radius 1 is 1.08 bits per heavy atom. The summed E-state index contributed by atoms with van der Waals surface area (Å²) in [7, 11) is 0. The van der Waals surface area contributed by atoms with Crippen LogP contribution in [0.4, 0.5) is 11.4 Å². The molecule has 3 rings (SSSR count). The van der Waals surface area contributed by atoms with Gasteiger partial charge in [0.05, 0.1) is 0 Å². The standard InChI is InChI=1S/C22H28N2O2/c1-22(2,3)17-7-6-8-20(15-17)26-16-21(25)23-18-9-11-19(12-10-18)24-13-4-5-14-24/h6-12,15H,4-5,13-14,16H2,1-3H3,(H,23,25). The van der Waals surface area contributed by atoms with Gasteiger partial charge in [0.25, 0.3) is 5.91 Å². The maximum absolute atomic E-state index is 12.2. The van der Waals surface area contributed by atoms with Crippen LogP contribution >= 0.6 is 0 Å². The van der Waals surface area contributed by atoms with Crippen LogP contribution in [0.1, 0.15) is 39.2 Å². The molecule has 0 radical (unpaired) electrons. The summed E-state index contributed by atoms with van der Waals surface area (Å²) in [5.41, 5.74) is 3.26. The predicted molar refractivity (Wildman–Crippen MR) is 107 cm³/mol. The van der Waals surface area contributed by atoms with Crippen LogP contribution in [0.15, 0.2) is 48.5 Å². The van der Waals surface area contributed by atoms with E-state index in [0.717, 1.165) is 24.5 Å². The average molecular weight is 352 g/mol. The van der Waals surface area contributed by atoms with Crippen molar-refractivity contribution in [1.29, 1.82) is 0 Å². The number of anilines is 2. The lowest BCUT2D eigenvalue weighted by Crippen LogP contribution is -2.21. The van der Waals surface area contributed by atoms with E-state index >= 15 is 0 Å². The summed E-state index contributed by atoms with van der Waals surface area (Å²) >= 11 is 0. The molecule has 1 saturated heterocycles. The third-order valence-corrected chi connectivity index (χ3v) is 4.69. The molecule has 1 N–H and O–H groups in total. The van der Waals surface area contributed by atoms with Crippen molar-refractivity contribution in [2.75, 3.05) is 29.9 Å². The Morgan fingerprint density at radius 2 is 1.77 bits per heavy atom. The van der Waals surface area contributed by atoms with Crippen LogP contribution in [0.3, 0.4) is 0 Å². The van der Waals surface area contributed by atoms with E-state index in [1.165, 1.54) is 24.1 Å². The summed E-state index contributed by atoms with van der Waals surface area (Å²) < 4.78 is 5.66. The lowest BCUT2D eigenvalue weighted by molar-refractivity contribution is -0.118. The highest BCUT2D eigenvalue weighted by Crippen LogP contribution is 2.26. The molecule has 0 atom stereocenters. The normalized spacial score (nSPS) is 14.3. The number of carbonyl (C=O) groups is 1. The first-order chi connectivity index (χ1) is 12.4. The molecule has 4 heteroatoms. The van der Waals surface area contributed by atoms with Gasteiger partial charge in [-0.25, -0.2) is 0 Å². The first kappa shape index (κ1) is 18.3. The summed E-state index contributed by atoms with van der Waals surface area (Å²) in [5, 5.41) is 2.89. The summed E-state index contributed by atoms with van der Waals surface area (Å²) in [6.45, 7) is 8.71. The maximum Gasteiger partial charge on any atom is 0.262 e. The van der Waals surface area contributed by atoms with Crippen molar-refractivity contribution in [3.05, 3.63) is 54.1 Å². The lowest BCUT2D eigenvalue weighted by Gasteiger charge is -2.19. The van der Waals surface area contributed by atoms with Crippen molar-refractivity contribution < 1.29 is 9.53 Å². The monoisotopic (exact) mass is 352 g/mol. The van der Waals surface area contributed by atoms with Crippen molar-refractivity contribution >= 4 is 17.3 Å². The van der Waals surface area contributed by atoms with Gasteiger partial charge in [-0.2, -0.15) is 0 Å². The number of rotatable bonds is 5. The Kier molecular flexibility index (Phi) is 5.50. The third kappa shape index (κ3) is 4.78. The number of nitrogens with zero attached hydrogens (tertiary/aromatic N) is 1. The van der Waals surface area contributed by atoms with E-state index in [-0.39, 0.29) is 17.9 Å². The molecule has 4 nitrogen and oxygen atoms in total. The van der Waals surface area contributed by atoms with E-state index in [4.69, 9.17) is 4.74 Å². The number of nitrogens with one attached hydrogen (secondary N) is 1. The molecule has 0 spiro atoms. The van der Waals surface area contributed by atoms with Gasteiger partial charge in [0.15, 0.2) is 6.61 Å². The predicted octanol–water partition coefficient (Wildman–Crippen LogP) is 4.60. The zero-order valence-electron chi connectivity index (χ0n) is 15.9. The number of hydrogen-bond acceptors (Lipinski definition) is 3. The van der Waals surface area contributed by atoms with Gasteiger partial charge in [-0.1, -0.05) is 32.9 Å². The molecule has 0 aromatic heterocycles. The smallest absolute Gasteiger partial charge is 0.262 e. The highest BCUT2D eigenvalue weighted by molar-refractivity contribution is 5.92. The van der Waals surface area contributed by atoms with Gasteiger partial charge < -0.3 is 15.0 Å². The molecule has 0 aliphatic carbocycles. The molecular formula is C22H28N2O2. The molecule has 138 valence electrons. The minimum absolute atomic E-state index is 0.00146.